The van der Waals surface area contributed by atoms with Crippen molar-refractivity contribution in [2.24, 2.45) is 5.92 Å². The highest BCUT2D eigenvalue weighted by molar-refractivity contribution is 5.95. The monoisotopic (exact) mass is 410 g/mol. The lowest BCUT2D eigenvalue weighted by Crippen LogP contribution is -2.46. The summed E-state index contributed by atoms with van der Waals surface area (Å²) in [6.07, 6.45) is 0.170. The highest BCUT2D eigenvalue weighted by Gasteiger charge is 2.26. The van der Waals surface area contributed by atoms with Crippen LogP contribution in [-0.4, -0.2) is 30.4 Å². The zero-order chi connectivity index (χ0) is 22.3. The van der Waals surface area contributed by atoms with Gasteiger partial charge in [0.05, 0.1) is 6.42 Å². The summed E-state index contributed by atoms with van der Waals surface area (Å²) in [7, 11) is 0. The fraction of sp³-hybridized carbons (Fsp3) is 0.375. The molecule has 0 aliphatic heterocycles. The maximum absolute atomic E-state index is 12.5. The first-order chi connectivity index (χ1) is 14.2. The van der Waals surface area contributed by atoms with Crippen LogP contribution < -0.4 is 10.6 Å². The van der Waals surface area contributed by atoms with E-state index in [1.807, 2.05) is 77.1 Å². The molecule has 2 N–H and O–H groups in total. The highest BCUT2D eigenvalue weighted by Crippen LogP contribution is 2.21. The molecule has 0 radical (unpaired) electrons. The fourth-order valence-electron chi connectivity index (χ4n) is 3.28. The number of anilines is 1. The summed E-state index contributed by atoms with van der Waals surface area (Å²) < 4.78 is 5.19. The van der Waals surface area contributed by atoms with Gasteiger partial charge >= 0.3 is 5.97 Å². The minimum Gasteiger partial charge on any atom is -0.454 e. The van der Waals surface area contributed by atoms with Crippen molar-refractivity contribution in [1.29, 1.82) is 0 Å². The van der Waals surface area contributed by atoms with Gasteiger partial charge in [0.15, 0.2) is 6.61 Å². The Hall–Kier alpha value is -3.15. The lowest BCUT2D eigenvalue weighted by molar-refractivity contribution is -0.151. The molecule has 6 heteroatoms. The molecule has 0 aliphatic carbocycles. The molecule has 30 heavy (non-hydrogen) atoms. The van der Waals surface area contributed by atoms with E-state index in [1.165, 1.54) is 0 Å². The smallest absolute Gasteiger partial charge is 0.329 e. The number of esters is 1. The van der Waals surface area contributed by atoms with E-state index in [9.17, 15) is 14.4 Å². The van der Waals surface area contributed by atoms with E-state index in [-0.39, 0.29) is 18.2 Å². The van der Waals surface area contributed by atoms with Gasteiger partial charge in [-0.05, 0) is 43.4 Å². The zero-order valence-electron chi connectivity index (χ0n) is 18.2. The van der Waals surface area contributed by atoms with Crippen LogP contribution in [0.2, 0.25) is 0 Å². The number of nitrogens with one attached hydrogen (secondary N) is 2. The second-order valence-electron chi connectivity index (χ2n) is 7.88. The molecule has 0 heterocycles. The van der Waals surface area contributed by atoms with Gasteiger partial charge in [-0.2, -0.15) is 0 Å². The molecular formula is C24H30N2O4. The van der Waals surface area contributed by atoms with Gasteiger partial charge in [0.1, 0.15) is 6.04 Å². The number of hydrogen-bond acceptors (Lipinski definition) is 4. The summed E-state index contributed by atoms with van der Waals surface area (Å²) in [5, 5.41) is 5.52. The van der Waals surface area contributed by atoms with Crippen LogP contribution in [-0.2, 0) is 25.5 Å². The Balaban J connectivity index is 1.92. The first-order valence-corrected chi connectivity index (χ1v) is 10.0. The lowest BCUT2D eigenvalue weighted by Gasteiger charge is -2.21. The van der Waals surface area contributed by atoms with Gasteiger partial charge in [0.2, 0.25) is 5.91 Å². The van der Waals surface area contributed by atoms with Crippen LogP contribution in [0.5, 0.6) is 0 Å². The molecular weight excluding hydrogens is 380 g/mol. The predicted molar refractivity (Wildman–Crippen MR) is 117 cm³/mol. The summed E-state index contributed by atoms with van der Waals surface area (Å²) in [6, 6.07) is 12.4. The lowest BCUT2D eigenvalue weighted by atomic mass is 10.0. The minimum atomic E-state index is -0.822. The summed E-state index contributed by atoms with van der Waals surface area (Å²) in [5.41, 5.74) is 4.58. The van der Waals surface area contributed by atoms with Crippen LogP contribution in [0.1, 0.15) is 36.1 Å². The van der Waals surface area contributed by atoms with Gasteiger partial charge in [-0.1, -0.05) is 61.9 Å². The largest absolute Gasteiger partial charge is 0.454 e. The number of amides is 2. The van der Waals surface area contributed by atoms with Crippen molar-refractivity contribution in [3.05, 3.63) is 64.7 Å². The van der Waals surface area contributed by atoms with Gasteiger partial charge < -0.3 is 15.4 Å². The van der Waals surface area contributed by atoms with Crippen molar-refractivity contribution in [1.82, 2.24) is 5.32 Å². The first-order valence-electron chi connectivity index (χ1n) is 10.0. The van der Waals surface area contributed by atoms with Crippen molar-refractivity contribution in [3.8, 4) is 0 Å². The van der Waals surface area contributed by atoms with Crippen LogP contribution in [0, 0.1) is 26.7 Å². The van der Waals surface area contributed by atoms with Crippen LogP contribution in [0.4, 0.5) is 5.69 Å². The molecule has 6 nitrogen and oxygen atoms in total. The molecule has 2 amide bonds. The Labute approximate surface area is 178 Å². The quantitative estimate of drug-likeness (QED) is 0.653. The van der Waals surface area contributed by atoms with Gasteiger partial charge in [0, 0.05) is 5.69 Å². The third kappa shape index (κ3) is 6.72. The third-order valence-electron chi connectivity index (χ3n) is 4.73. The highest BCUT2D eigenvalue weighted by atomic mass is 16.5. The van der Waals surface area contributed by atoms with Crippen molar-refractivity contribution in [3.63, 3.8) is 0 Å². The Kier molecular flexibility index (Phi) is 8.16. The molecule has 1 atom stereocenters. The van der Waals surface area contributed by atoms with Crippen molar-refractivity contribution >= 4 is 23.5 Å². The molecule has 0 saturated heterocycles. The second-order valence-corrected chi connectivity index (χ2v) is 7.88. The second kappa shape index (κ2) is 10.6. The number of ether oxygens (including phenoxy) is 1. The summed E-state index contributed by atoms with van der Waals surface area (Å²) in [4.78, 5) is 37.1. The average Bonchev–Trinajstić information content (AvgIpc) is 2.67. The number of hydrogen-bond donors (Lipinski definition) is 2. The molecule has 0 spiro atoms. The standard InChI is InChI=1S/C24H30N2O4/c1-15(2)22(25-20(27)13-19-9-7-6-8-10-19)24(29)30-14-21(28)26-23-17(4)11-16(3)12-18(23)5/h6-12,15,22H,13-14H2,1-5H3,(H,25,27)(H,26,28)/t22-/m0/s1. The van der Waals surface area contributed by atoms with Crippen LogP contribution in [0.15, 0.2) is 42.5 Å². The minimum absolute atomic E-state index is 0.170. The average molecular weight is 411 g/mol. The molecule has 2 rings (SSSR count). The van der Waals surface area contributed by atoms with Crippen LogP contribution in [0.3, 0.4) is 0 Å². The van der Waals surface area contributed by atoms with Gasteiger partial charge in [0.25, 0.3) is 5.91 Å². The maximum Gasteiger partial charge on any atom is 0.329 e. The topological polar surface area (TPSA) is 84.5 Å². The molecule has 0 bridgehead atoms. The summed E-state index contributed by atoms with van der Waals surface area (Å²) in [6.45, 7) is 9.04. The normalized spacial score (nSPS) is 11.7. The molecule has 2 aromatic carbocycles. The van der Waals surface area contributed by atoms with Crippen LogP contribution >= 0.6 is 0 Å². The first kappa shape index (κ1) is 23.1. The van der Waals surface area contributed by atoms with E-state index in [0.717, 1.165) is 27.9 Å². The molecule has 160 valence electrons. The summed E-state index contributed by atoms with van der Waals surface area (Å²) in [5.74, 6) is -1.50. The van der Waals surface area contributed by atoms with E-state index in [1.54, 1.807) is 0 Å². The molecule has 0 aliphatic rings. The Morgan fingerprint density at radius 1 is 0.933 bits per heavy atom. The number of benzene rings is 2. The number of rotatable bonds is 8. The molecule has 0 aromatic heterocycles. The van der Waals surface area contributed by atoms with Crippen molar-refractivity contribution < 1.29 is 19.1 Å². The van der Waals surface area contributed by atoms with E-state index in [4.69, 9.17) is 4.74 Å². The van der Waals surface area contributed by atoms with Crippen LogP contribution in [0.25, 0.3) is 0 Å². The van der Waals surface area contributed by atoms with E-state index >= 15 is 0 Å². The van der Waals surface area contributed by atoms with Gasteiger partial charge in [-0.25, -0.2) is 4.79 Å². The van der Waals surface area contributed by atoms with Crippen molar-refractivity contribution in [2.75, 3.05) is 11.9 Å². The fourth-order valence-corrected chi connectivity index (χ4v) is 3.28. The number of carbonyl (C=O) groups excluding carboxylic acids is 3. The summed E-state index contributed by atoms with van der Waals surface area (Å²) >= 11 is 0. The Morgan fingerprint density at radius 2 is 1.53 bits per heavy atom. The zero-order valence-corrected chi connectivity index (χ0v) is 18.2. The van der Waals surface area contributed by atoms with E-state index in [2.05, 4.69) is 10.6 Å². The maximum atomic E-state index is 12.5. The van der Waals surface area contributed by atoms with E-state index in [0.29, 0.717) is 0 Å². The Morgan fingerprint density at radius 3 is 2.10 bits per heavy atom. The van der Waals surface area contributed by atoms with Gasteiger partial charge in [-0.3, -0.25) is 9.59 Å². The van der Waals surface area contributed by atoms with Crippen molar-refractivity contribution in [2.45, 2.75) is 47.1 Å². The number of aryl methyl sites for hydroxylation is 3. The number of carbonyl (C=O) groups is 3. The molecule has 2 aromatic rings. The van der Waals surface area contributed by atoms with E-state index < -0.39 is 24.5 Å². The third-order valence-corrected chi connectivity index (χ3v) is 4.73. The Bertz CT molecular complexity index is 884. The molecule has 0 unspecified atom stereocenters. The predicted octanol–water partition coefficient (Wildman–Crippen LogP) is 3.48. The SMILES string of the molecule is Cc1cc(C)c(NC(=O)COC(=O)[C@@H](NC(=O)Cc2ccccc2)C(C)C)c(C)c1. The molecule has 0 saturated carbocycles. The molecule has 0 fully saturated rings. The van der Waals surface area contributed by atoms with Gasteiger partial charge in [-0.15, -0.1) is 0 Å².